The highest BCUT2D eigenvalue weighted by Gasteiger charge is 2.18. The number of aromatic carboxylic acids is 1. The Morgan fingerprint density at radius 1 is 1.00 bits per heavy atom. The van der Waals surface area contributed by atoms with Crippen LogP contribution in [0.25, 0.3) is 0 Å². The number of hydrogen-bond donors (Lipinski definition) is 2. The normalized spacial score (nSPS) is 16.5. The second-order valence-electron chi connectivity index (χ2n) is 5.60. The molecule has 3 rings (SSSR count). The summed E-state index contributed by atoms with van der Waals surface area (Å²) in [6.07, 6.45) is 1.74. The molecule has 0 saturated heterocycles. The van der Waals surface area contributed by atoms with E-state index in [4.69, 9.17) is 9.84 Å². The van der Waals surface area contributed by atoms with Gasteiger partial charge in [-0.15, -0.1) is 0 Å². The molecule has 118 valence electrons. The summed E-state index contributed by atoms with van der Waals surface area (Å²) in [7, 11) is 0. The number of carbonyl (C=O) groups excluding carboxylic acids is 1. The maximum atomic E-state index is 12.2. The molecule has 0 aromatic heterocycles. The minimum Gasteiger partial charge on any atom is -0.478 e. The first-order valence-electron chi connectivity index (χ1n) is 7.38. The number of benzene rings is 2. The van der Waals surface area contributed by atoms with Crippen molar-refractivity contribution in [2.75, 3.05) is 0 Å². The van der Waals surface area contributed by atoms with E-state index < -0.39 is 11.9 Å². The molecule has 2 aromatic carbocycles. The van der Waals surface area contributed by atoms with Crippen molar-refractivity contribution in [3.8, 4) is 5.75 Å². The van der Waals surface area contributed by atoms with Crippen molar-refractivity contribution in [2.24, 2.45) is 0 Å². The molecule has 5 nitrogen and oxygen atoms in total. The van der Waals surface area contributed by atoms with Crippen LogP contribution >= 0.6 is 0 Å². The van der Waals surface area contributed by atoms with Crippen molar-refractivity contribution in [3.63, 3.8) is 0 Å². The van der Waals surface area contributed by atoms with Crippen LogP contribution in [0.5, 0.6) is 5.75 Å². The Labute approximate surface area is 133 Å². The average Bonchev–Trinajstić information content (AvgIpc) is 2.54. The average molecular weight is 312 g/mol. The van der Waals surface area contributed by atoms with Crippen molar-refractivity contribution in [1.82, 2.24) is 0 Å². The second kappa shape index (κ2) is 6.22. The summed E-state index contributed by atoms with van der Waals surface area (Å²) in [4.78, 5) is 23.0. The van der Waals surface area contributed by atoms with Crippen molar-refractivity contribution in [2.45, 2.75) is 25.4 Å². The number of aliphatic hydroxyl groups is 1. The van der Waals surface area contributed by atoms with E-state index in [2.05, 4.69) is 0 Å². The van der Waals surface area contributed by atoms with E-state index in [9.17, 15) is 14.7 Å². The van der Waals surface area contributed by atoms with Gasteiger partial charge in [0, 0.05) is 0 Å². The number of rotatable bonds is 3. The molecular weight excluding hydrogens is 296 g/mol. The molecule has 1 aliphatic carbocycles. The zero-order chi connectivity index (χ0) is 16.4. The summed E-state index contributed by atoms with van der Waals surface area (Å²) < 4.78 is 5.27. The largest absolute Gasteiger partial charge is 0.478 e. The number of carboxylic acids is 1. The molecule has 0 amide bonds. The van der Waals surface area contributed by atoms with Gasteiger partial charge in [0.25, 0.3) is 0 Å². The lowest BCUT2D eigenvalue weighted by Crippen LogP contribution is -2.19. The van der Waals surface area contributed by atoms with Gasteiger partial charge < -0.3 is 14.9 Å². The van der Waals surface area contributed by atoms with Crippen LogP contribution in [-0.4, -0.2) is 28.3 Å². The van der Waals surface area contributed by atoms with E-state index in [-0.39, 0.29) is 11.7 Å². The van der Waals surface area contributed by atoms with Crippen LogP contribution in [0.4, 0.5) is 0 Å². The van der Waals surface area contributed by atoms with E-state index in [1.807, 2.05) is 6.07 Å². The molecule has 2 N–H and O–H groups in total. The van der Waals surface area contributed by atoms with E-state index in [0.717, 1.165) is 17.5 Å². The molecule has 1 unspecified atom stereocenters. The Bertz CT molecular complexity index is 749. The highest BCUT2D eigenvalue weighted by atomic mass is 16.5. The first-order valence-corrected chi connectivity index (χ1v) is 7.38. The zero-order valence-electron chi connectivity index (χ0n) is 12.4. The number of ether oxygens (including phenoxy) is 1. The van der Waals surface area contributed by atoms with E-state index in [0.29, 0.717) is 24.2 Å². The van der Waals surface area contributed by atoms with Gasteiger partial charge in [0.2, 0.25) is 0 Å². The monoisotopic (exact) mass is 312 g/mol. The minimum absolute atomic E-state index is 0.136. The maximum absolute atomic E-state index is 12.2. The quantitative estimate of drug-likeness (QED) is 0.672. The third-order valence-electron chi connectivity index (χ3n) is 3.96. The molecule has 0 saturated carbocycles. The molecule has 5 heteroatoms. The first kappa shape index (κ1) is 15.2. The fourth-order valence-electron chi connectivity index (χ4n) is 2.69. The van der Waals surface area contributed by atoms with Gasteiger partial charge >= 0.3 is 11.9 Å². The van der Waals surface area contributed by atoms with Crippen molar-refractivity contribution < 1.29 is 24.5 Å². The topological polar surface area (TPSA) is 83.8 Å². The zero-order valence-corrected chi connectivity index (χ0v) is 12.4. The Hall–Kier alpha value is -2.66. The SMILES string of the molecule is O=C(O)c1ccc(OC(=O)c2ccc3c(c2)CCC(O)C3)cc1. The first-order chi connectivity index (χ1) is 11.0. The van der Waals surface area contributed by atoms with E-state index in [1.165, 1.54) is 24.3 Å². The Morgan fingerprint density at radius 3 is 2.39 bits per heavy atom. The van der Waals surface area contributed by atoms with Crippen LogP contribution in [0, 0.1) is 0 Å². The summed E-state index contributed by atoms with van der Waals surface area (Å²) in [5.74, 6) is -1.21. The number of hydrogen-bond acceptors (Lipinski definition) is 4. The summed E-state index contributed by atoms with van der Waals surface area (Å²) in [5.41, 5.74) is 2.71. The molecule has 0 spiro atoms. The number of carboxylic acid groups (broad SMARTS) is 1. The number of esters is 1. The molecule has 0 aliphatic heterocycles. The van der Waals surface area contributed by atoms with Crippen molar-refractivity contribution in [1.29, 1.82) is 0 Å². The Balaban J connectivity index is 1.74. The van der Waals surface area contributed by atoms with Gasteiger partial charge in [-0.3, -0.25) is 0 Å². The van der Waals surface area contributed by atoms with Crippen LogP contribution in [-0.2, 0) is 12.8 Å². The van der Waals surface area contributed by atoms with Gasteiger partial charge in [0.1, 0.15) is 5.75 Å². The van der Waals surface area contributed by atoms with Crippen LogP contribution in [0.3, 0.4) is 0 Å². The van der Waals surface area contributed by atoms with Gasteiger partial charge in [-0.25, -0.2) is 9.59 Å². The third-order valence-corrected chi connectivity index (χ3v) is 3.96. The lowest BCUT2D eigenvalue weighted by molar-refractivity contribution is 0.0696. The van der Waals surface area contributed by atoms with Crippen LogP contribution < -0.4 is 4.74 Å². The number of fused-ring (bicyclic) bond motifs is 1. The lowest BCUT2D eigenvalue weighted by atomic mass is 9.89. The molecule has 1 aliphatic rings. The van der Waals surface area contributed by atoms with Gasteiger partial charge in [0.15, 0.2) is 0 Å². The third kappa shape index (κ3) is 3.40. The van der Waals surface area contributed by atoms with Crippen molar-refractivity contribution >= 4 is 11.9 Å². The fraction of sp³-hybridized carbons (Fsp3) is 0.222. The van der Waals surface area contributed by atoms with Gasteiger partial charge in [-0.2, -0.15) is 0 Å². The van der Waals surface area contributed by atoms with Crippen LogP contribution in [0.15, 0.2) is 42.5 Å². The molecule has 0 fully saturated rings. The number of aliphatic hydroxyl groups excluding tert-OH is 1. The fourth-order valence-corrected chi connectivity index (χ4v) is 2.69. The molecule has 2 aromatic rings. The molecule has 0 heterocycles. The minimum atomic E-state index is -1.03. The number of carbonyl (C=O) groups is 2. The highest BCUT2D eigenvalue weighted by Crippen LogP contribution is 2.23. The molecule has 1 atom stereocenters. The summed E-state index contributed by atoms with van der Waals surface area (Å²) >= 11 is 0. The Kier molecular flexibility index (Phi) is 4.12. The predicted octanol–water partition coefficient (Wildman–Crippen LogP) is 2.45. The maximum Gasteiger partial charge on any atom is 0.343 e. The molecule has 23 heavy (non-hydrogen) atoms. The Morgan fingerprint density at radius 2 is 1.70 bits per heavy atom. The molecule has 0 bridgehead atoms. The smallest absolute Gasteiger partial charge is 0.343 e. The van der Waals surface area contributed by atoms with Gasteiger partial charge in [0.05, 0.1) is 17.2 Å². The standard InChI is InChI=1S/C18H16O5/c19-15-6-3-12-9-14(2-1-13(12)10-15)18(22)23-16-7-4-11(5-8-16)17(20)21/h1-2,4-5,7-9,15,19H,3,6,10H2,(H,20,21). The molecule has 0 radical (unpaired) electrons. The summed E-state index contributed by atoms with van der Waals surface area (Å²) in [6.45, 7) is 0. The summed E-state index contributed by atoms with van der Waals surface area (Å²) in [5, 5.41) is 18.5. The highest BCUT2D eigenvalue weighted by molar-refractivity contribution is 5.92. The second-order valence-corrected chi connectivity index (χ2v) is 5.60. The molecular formula is C18H16O5. The van der Waals surface area contributed by atoms with Crippen LogP contribution in [0.1, 0.15) is 38.3 Å². The van der Waals surface area contributed by atoms with E-state index >= 15 is 0 Å². The van der Waals surface area contributed by atoms with Crippen molar-refractivity contribution in [3.05, 3.63) is 64.7 Å². The summed E-state index contributed by atoms with van der Waals surface area (Å²) in [6, 6.07) is 11.0. The predicted molar refractivity (Wildman–Crippen MR) is 82.8 cm³/mol. The van der Waals surface area contributed by atoms with Gasteiger partial charge in [-0.05, 0) is 66.8 Å². The number of aryl methyl sites for hydroxylation is 1. The van der Waals surface area contributed by atoms with E-state index in [1.54, 1.807) is 12.1 Å². The lowest BCUT2D eigenvalue weighted by Gasteiger charge is -2.20. The van der Waals surface area contributed by atoms with Crippen LogP contribution in [0.2, 0.25) is 0 Å². The van der Waals surface area contributed by atoms with Gasteiger partial charge in [-0.1, -0.05) is 6.07 Å².